The molecule has 1 unspecified atom stereocenters. The molecule has 2 aromatic rings. The molecule has 5 nitrogen and oxygen atoms in total. The second-order valence-electron chi connectivity index (χ2n) is 5.35. The minimum atomic E-state index is -3.98. The average molecular weight is 368 g/mol. The Morgan fingerprint density at radius 2 is 1.72 bits per heavy atom. The van der Waals surface area contributed by atoms with Crippen LogP contribution < -0.4 is 10.0 Å². The number of carbonyl (C=O) groups excluding carboxylic acids is 1. The molecule has 8 heteroatoms. The number of rotatable bonds is 7. The lowest BCUT2D eigenvalue weighted by Gasteiger charge is -2.17. The molecule has 25 heavy (non-hydrogen) atoms. The lowest BCUT2D eigenvalue weighted by Crippen LogP contribution is -2.46. The minimum absolute atomic E-state index is 0.0553. The van der Waals surface area contributed by atoms with Gasteiger partial charge in [-0.3, -0.25) is 4.79 Å². The number of amides is 1. The zero-order valence-corrected chi connectivity index (χ0v) is 14.3. The summed E-state index contributed by atoms with van der Waals surface area (Å²) in [6.07, 6.45) is 0.198. The monoisotopic (exact) mass is 368 g/mol. The molecule has 0 bridgehead atoms. The number of carbonyl (C=O) groups is 1. The summed E-state index contributed by atoms with van der Waals surface area (Å²) < 4.78 is 53.3. The van der Waals surface area contributed by atoms with Crippen LogP contribution >= 0.6 is 0 Å². The first kappa shape index (κ1) is 19.0. The fraction of sp³-hybridized carbons (Fsp3) is 0.235. The predicted molar refractivity (Wildman–Crippen MR) is 89.0 cm³/mol. The maximum Gasteiger partial charge on any atom is 0.241 e. The smallest absolute Gasteiger partial charge is 0.241 e. The summed E-state index contributed by atoms with van der Waals surface area (Å²) in [6.45, 7) is 1.58. The molecule has 0 fully saturated rings. The van der Waals surface area contributed by atoms with Crippen LogP contribution in [0.25, 0.3) is 0 Å². The van der Waals surface area contributed by atoms with Gasteiger partial charge in [-0.2, -0.15) is 4.72 Å². The van der Waals surface area contributed by atoms with Crippen molar-refractivity contribution < 1.29 is 22.0 Å². The molecule has 2 N–H and O–H groups in total. The Kier molecular flexibility index (Phi) is 6.22. The Balaban J connectivity index is 2.04. The third kappa shape index (κ3) is 5.07. The quantitative estimate of drug-likeness (QED) is 0.788. The van der Waals surface area contributed by atoms with Crippen LogP contribution in [0.5, 0.6) is 0 Å². The van der Waals surface area contributed by atoms with Crippen molar-refractivity contribution in [3.63, 3.8) is 0 Å². The van der Waals surface area contributed by atoms with Gasteiger partial charge < -0.3 is 5.32 Å². The summed E-state index contributed by atoms with van der Waals surface area (Å²) in [5, 5.41) is 2.51. The highest BCUT2D eigenvalue weighted by Gasteiger charge is 2.24. The predicted octanol–water partition coefficient (Wildman–Crippen LogP) is 2.34. The first-order valence-corrected chi connectivity index (χ1v) is 9.11. The van der Waals surface area contributed by atoms with E-state index in [1.165, 1.54) is 18.2 Å². The third-order valence-electron chi connectivity index (χ3n) is 3.56. The van der Waals surface area contributed by atoms with E-state index >= 15 is 0 Å². The Labute approximate surface area is 145 Å². The van der Waals surface area contributed by atoms with Gasteiger partial charge in [0.15, 0.2) is 0 Å². The van der Waals surface area contributed by atoms with Crippen LogP contribution in [0.4, 0.5) is 8.78 Å². The van der Waals surface area contributed by atoms with E-state index in [2.05, 4.69) is 10.0 Å². The highest BCUT2D eigenvalue weighted by molar-refractivity contribution is 7.89. The van der Waals surface area contributed by atoms with Gasteiger partial charge in [-0.15, -0.1) is 0 Å². The van der Waals surface area contributed by atoms with Crippen molar-refractivity contribution in [3.8, 4) is 0 Å². The largest absolute Gasteiger partial charge is 0.351 e. The van der Waals surface area contributed by atoms with Gasteiger partial charge in [-0.25, -0.2) is 17.2 Å². The molecule has 1 atom stereocenters. The molecule has 0 spiro atoms. The number of hydrogen-bond donors (Lipinski definition) is 2. The zero-order valence-electron chi connectivity index (χ0n) is 13.5. The van der Waals surface area contributed by atoms with E-state index in [1.807, 2.05) is 0 Å². The molecule has 0 aliphatic carbocycles. The van der Waals surface area contributed by atoms with Crippen LogP contribution in [0.1, 0.15) is 18.9 Å². The molecule has 2 rings (SSSR count). The van der Waals surface area contributed by atoms with Crippen LogP contribution in [0.3, 0.4) is 0 Å². The summed E-state index contributed by atoms with van der Waals surface area (Å²) in [5.41, 5.74) is 0.298. The molecule has 0 saturated carbocycles. The van der Waals surface area contributed by atoms with Crippen LogP contribution in [0, 0.1) is 11.6 Å². The standard InChI is InChI=1S/C17H18F2N2O3S/c1-2-16(17(22)20-11-12-5-3-4-6-15(12)19)21-25(23,24)14-9-7-13(18)8-10-14/h3-10,16,21H,2,11H2,1H3,(H,20,22). The number of sulfonamides is 1. The summed E-state index contributed by atoms with van der Waals surface area (Å²) in [7, 11) is -3.98. The SMILES string of the molecule is CCC(NS(=O)(=O)c1ccc(F)cc1)C(=O)NCc1ccccc1F. The van der Waals surface area contributed by atoms with E-state index in [-0.39, 0.29) is 17.9 Å². The Morgan fingerprint density at radius 3 is 2.32 bits per heavy atom. The third-order valence-corrected chi connectivity index (χ3v) is 5.04. The number of benzene rings is 2. The maximum atomic E-state index is 13.6. The van der Waals surface area contributed by atoms with E-state index in [9.17, 15) is 22.0 Å². The molecule has 0 radical (unpaired) electrons. The Morgan fingerprint density at radius 1 is 1.08 bits per heavy atom. The van der Waals surface area contributed by atoms with Crippen molar-refractivity contribution >= 4 is 15.9 Å². The molecule has 0 aliphatic rings. The van der Waals surface area contributed by atoms with Gasteiger partial charge >= 0.3 is 0 Å². The fourth-order valence-electron chi connectivity index (χ4n) is 2.14. The topological polar surface area (TPSA) is 75.3 Å². The lowest BCUT2D eigenvalue weighted by molar-refractivity contribution is -0.122. The fourth-order valence-corrected chi connectivity index (χ4v) is 3.42. The van der Waals surface area contributed by atoms with Gasteiger partial charge in [0.2, 0.25) is 15.9 Å². The summed E-state index contributed by atoms with van der Waals surface area (Å²) >= 11 is 0. The molecule has 0 saturated heterocycles. The van der Waals surface area contributed by atoms with Crippen molar-refractivity contribution in [2.75, 3.05) is 0 Å². The molecule has 2 aromatic carbocycles. The normalized spacial score (nSPS) is 12.6. The van der Waals surface area contributed by atoms with E-state index in [0.717, 1.165) is 24.3 Å². The zero-order chi connectivity index (χ0) is 18.4. The van der Waals surface area contributed by atoms with Crippen molar-refractivity contribution in [3.05, 3.63) is 65.7 Å². The first-order valence-electron chi connectivity index (χ1n) is 7.62. The van der Waals surface area contributed by atoms with Crippen LogP contribution in [0.15, 0.2) is 53.4 Å². The number of hydrogen-bond acceptors (Lipinski definition) is 3. The van der Waals surface area contributed by atoms with Gasteiger partial charge in [0, 0.05) is 12.1 Å². The molecular formula is C17H18F2N2O3S. The van der Waals surface area contributed by atoms with Gasteiger partial charge in [0.25, 0.3) is 0 Å². The van der Waals surface area contributed by atoms with Crippen molar-refractivity contribution in [1.82, 2.24) is 10.0 Å². The number of nitrogens with one attached hydrogen (secondary N) is 2. The summed E-state index contributed by atoms with van der Waals surface area (Å²) in [4.78, 5) is 12.1. The van der Waals surface area contributed by atoms with Crippen molar-refractivity contribution in [1.29, 1.82) is 0 Å². The van der Waals surface area contributed by atoms with Gasteiger partial charge in [-0.05, 0) is 36.8 Å². The highest BCUT2D eigenvalue weighted by Crippen LogP contribution is 2.11. The van der Waals surface area contributed by atoms with Gasteiger partial charge in [0.05, 0.1) is 4.90 Å². The Bertz CT molecular complexity index is 839. The van der Waals surface area contributed by atoms with Gasteiger partial charge in [-0.1, -0.05) is 25.1 Å². The minimum Gasteiger partial charge on any atom is -0.351 e. The van der Waals surface area contributed by atoms with E-state index < -0.39 is 33.6 Å². The van der Waals surface area contributed by atoms with E-state index in [4.69, 9.17) is 0 Å². The van der Waals surface area contributed by atoms with E-state index in [1.54, 1.807) is 13.0 Å². The van der Waals surface area contributed by atoms with E-state index in [0.29, 0.717) is 5.56 Å². The molecule has 1 amide bonds. The number of halogens is 2. The van der Waals surface area contributed by atoms with Crippen molar-refractivity contribution in [2.24, 2.45) is 0 Å². The summed E-state index contributed by atoms with van der Waals surface area (Å²) in [6, 6.07) is 9.22. The highest BCUT2D eigenvalue weighted by atomic mass is 32.2. The second kappa shape index (κ2) is 8.17. The van der Waals surface area contributed by atoms with Crippen molar-refractivity contribution in [2.45, 2.75) is 30.8 Å². The van der Waals surface area contributed by atoms with Crippen LogP contribution in [0.2, 0.25) is 0 Å². The molecule has 0 aliphatic heterocycles. The second-order valence-corrected chi connectivity index (χ2v) is 7.06. The molecule has 0 heterocycles. The molecule has 134 valence electrons. The first-order chi connectivity index (χ1) is 11.8. The van der Waals surface area contributed by atoms with Crippen LogP contribution in [-0.2, 0) is 21.4 Å². The lowest BCUT2D eigenvalue weighted by atomic mass is 10.2. The van der Waals surface area contributed by atoms with Gasteiger partial charge in [0.1, 0.15) is 17.7 Å². The maximum absolute atomic E-state index is 13.6. The Hall–Kier alpha value is -2.32. The molecular weight excluding hydrogens is 350 g/mol. The molecule has 0 aromatic heterocycles. The average Bonchev–Trinajstić information content (AvgIpc) is 2.59. The summed E-state index contributed by atoms with van der Waals surface area (Å²) in [5.74, 6) is -1.59. The van der Waals surface area contributed by atoms with Crippen LogP contribution in [-0.4, -0.2) is 20.4 Å².